The summed E-state index contributed by atoms with van der Waals surface area (Å²) in [7, 11) is 0. The zero-order valence-corrected chi connectivity index (χ0v) is 17.8. The number of halogens is 1. The van der Waals surface area contributed by atoms with E-state index < -0.39 is 10.7 Å². The van der Waals surface area contributed by atoms with E-state index in [-0.39, 0.29) is 17.7 Å². The van der Waals surface area contributed by atoms with Crippen molar-refractivity contribution in [1.82, 2.24) is 4.90 Å². The zero-order chi connectivity index (χ0) is 20.8. The molecule has 0 saturated carbocycles. The van der Waals surface area contributed by atoms with E-state index >= 15 is 0 Å². The van der Waals surface area contributed by atoms with Crippen LogP contribution in [-0.2, 0) is 21.0 Å². The molecule has 0 bridgehead atoms. The molecule has 4 rings (SSSR count). The summed E-state index contributed by atoms with van der Waals surface area (Å²) >= 11 is 1.44. The number of rotatable bonds is 4. The number of fused-ring (bicyclic) bond motifs is 2. The fourth-order valence-electron chi connectivity index (χ4n) is 4.14. The second-order valence-electron chi connectivity index (χ2n) is 8.17. The molecule has 152 valence electrons. The number of hydrogen-bond acceptors (Lipinski definition) is 3. The van der Waals surface area contributed by atoms with Crippen molar-refractivity contribution in [2.45, 2.75) is 38.6 Å². The van der Waals surface area contributed by atoms with Crippen molar-refractivity contribution in [3.63, 3.8) is 0 Å². The molecular formula is C23H25FN2O2S. The highest BCUT2D eigenvalue weighted by Gasteiger charge is 2.59. The van der Waals surface area contributed by atoms with Crippen molar-refractivity contribution in [3.05, 3.63) is 65.0 Å². The second-order valence-corrected chi connectivity index (χ2v) is 9.46. The molecule has 2 aliphatic rings. The predicted molar refractivity (Wildman–Crippen MR) is 114 cm³/mol. The molecule has 29 heavy (non-hydrogen) atoms. The van der Waals surface area contributed by atoms with E-state index in [0.717, 1.165) is 11.1 Å². The van der Waals surface area contributed by atoms with Crippen LogP contribution in [0.3, 0.4) is 0 Å². The molecule has 0 aliphatic carbocycles. The first-order chi connectivity index (χ1) is 13.8. The third-order valence-corrected chi connectivity index (χ3v) is 6.92. The van der Waals surface area contributed by atoms with E-state index in [1.807, 2.05) is 45.0 Å². The molecule has 6 heteroatoms. The highest BCUT2D eigenvalue weighted by atomic mass is 32.2. The van der Waals surface area contributed by atoms with Gasteiger partial charge in [0, 0.05) is 24.3 Å². The summed E-state index contributed by atoms with van der Waals surface area (Å²) in [4.78, 5) is 29.0. The Labute approximate surface area is 175 Å². The van der Waals surface area contributed by atoms with E-state index in [1.54, 1.807) is 15.9 Å². The number of anilines is 1. The largest absolute Gasteiger partial charge is 0.315 e. The Bertz CT molecular complexity index is 960. The van der Waals surface area contributed by atoms with Gasteiger partial charge in [-0.1, -0.05) is 43.7 Å². The van der Waals surface area contributed by atoms with Gasteiger partial charge in [0.05, 0.1) is 12.2 Å². The monoisotopic (exact) mass is 412 g/mol. The molecule has 2 amide bonds. The Hall–Kier alpha value is -2.34. The molecule has 2 aliphatic heterocycles. The molecule has 1 atom stereocenters. The van der Waals surface area contributed by atoms with Gasteiger partial charge in [0.1, 0.15) is 5.82 Å². The maximum absolute atomic E-state index is 14.2. The van der Waals surface area contributed by atoms with Crippen LogP contribution in [0.15, 0.2) is 42.5 Å². The van der Waals surface area contributed by atoms with E-state index in [9.17, 15) is 14.0 Å². The zero-order valence-electron chi connectivity index (χ0n) is 16.9. The van der Waals surface area contributed by atoms with Gasteiger partial charge >= 0.3 is 0 Å². The minimum absolute atomic E-state index is 0.0502. The minimum atomic E-state index is -1.16. The van der Waals surface area contributed by atoms with E-state index in [0.29, 0.717) is 36.5 Å². The standard InChI is InChI=1S/C23H25FN2O2S/c1-15(2)12-21(27)26-10-11-29-23(26)19-13-18(24)8-9-20(19)25(22(23)28)14-17-6-4-16(3)5-7-17/h4-9,13,15H,10-12,14H2,1-3H3/t23-/m1/s1. The van der Waals surface area contributed by atoms with Crippen LogP contribution < -0.4 is 4.90 Å². The number of benzene rings is 2. The lowest BCUT2D eigenvalue weighted by atomic mass is 10.0. The molecule has 0 unspecified atom stereocenters. The van der Waals surface area contributed by atoms with E-state index in [2.05, 4.69) is 0 Å². The first-order valence-corrected chi connectivity index (χ1v) is 10.9. The van der Waals surface area contributed by atoms with Crippen LogP contribution in [0.5, 0.6) is 0 Å². The lowest BCUT2D eigenvalue weighted by Crippen LogP contribution is -2.50. The number of aryl methyl sites for hydroxylation is 1. The second kappa shape index (κ2) is 7.48. The first kappa shape index (κ1) is 20.0. The van der Waals surface area contributed by atoms with Gasteiger partial charge in [-0.25, -0.2) is 4.39 Å². The van der Waals surface area contributed by atoms with Crippen LogP contribution in [0, 0.1) is 18.7 Å². The van der Waals surface area contributed by atoms with Crippen molar-refractivity contribution in [2.75, 3.05) is 17.2 Å². The number of nitrogens with zero attached hydrogens (tertiary/aromatic N) is 2. The average Bonchev–Trinajstić information content (AvgIpc) is 3.20. The summed E-state index contributed by atoms with van der Waals surface area (Å²) < 4.78 is 14.2. The van der Waals surface area contributed by atoms with Gasteiger partial charge in [0.2, 0.25) is 5.91 Å². The van der Waals surface area contributed by atoms with Gasteiger partial charge in [-0.2, -0.15) is 0 Å². The number of carbonyl (C=O) groups excluding carboxylic acids is 2. The maximum atomic E-state index is 14.2. The van der Waals surface area contributed by atoms with E-state index in [1.165, 1.54) is 23.9 Å². The summed E-state index contributed by atoms with van der Waals surface area (Å²) in [5.41, 5.74) is 3.43. The van der Waals surface area contributed by atoms with Crippen molar-refractivity contribution in [3.8, 4) is 0 Å². The van der Waals surface area contributed by atoms with Crippen molar-refractivity contribution in [2.24, 2.45) is 5.92 Å². The quantitative estimate of drug-likeness (QED) is 0.745. The van der Waals surface area contributed by atoms with Gasteiger partial charge in [-0.15, -0.1) is 11.8 Å². The third kappa shape index (κ3) is 3.33. The molecule has 1 saturated heterocycles. The molecule has 2 aromatic carbocycles. The molecule has 2 heterocycles. The van der Waals surface area contributed by atoms with Crippen LogP contribution in [0.1, 0.15) is 37.0 Å². The van der Waals surface area contributed by atoms with Crippen LogP contribution in [-0.4, -0.2) is 29.0 Å². The van der Waals surface area contributed by atoms with Gasteiger partial charge in [0.25, 0.3) is 5.91 Å². The third-order valence-electron chi connectivity index (χ3n) is 5.50. The molecule has 1 fully saturated rings. The van der Waals surface area contributed by atoms with Crippen LogP contribution >= 0.6 is 11.8 Å². The summed E-state index contributed by atoms with van der Waals surface area (Å²) in [6.07, 6.45) is 0.373. The fraction of sp³-hybridized carbons (Fsp3) is 0.391. The van der Waals surface area contributed by atoms with Gasteiger partial charge in [-0.05, 0) is 36.6 Å². The topological polar surface area (TPSA) is 40.6 Å². The van der Waals surface area contributed by atoms with Gasteiger partial charge in [-0.3, -0.25) is 9.59 Å². The normalized spacial score (nSPS) is 20.8. The van der Waals surface area contributed by atoms with Gasteiger partial charge < -0.3 is 9.80 Å². The maximum Gasteiger partial charge on any atom is 0.268 e. The highest BCUT2D eigenvalue weighted by molar-refractivity contribution is 8.01. The Kier molecular flexibility index (Phi) is 5.15. The average molecular weight is 413 g/mol. The predicted octanol–water partition coefficient (Wildman–Crippen LogP) is 4.46. The number of amides is 2. The molecule has 4 nitrogen and oxygen atoms in total. The molecular weight excluding hydrogens is 387 g/mol. The molecule has 0 N–H and O–H groups in total. The Balaban J connectivity index is 1.77. The molecule has 2 aromatic rings. The van der Waals surface area contributed by atoms with Crippen LogP contribution in [0.25, 0.3) is 0 Å². The summed E-state index contributed by atoms with van der Waals surface area (Å²) in [5, 5.41) is 0. The van der Waals surface area contributed by atoms with Crippen LogP contribution in [0.2, 0.25) is 0 Å². The minimum Gasteiger partial charge on any atom is -0.315 e. The van der Waals surface area contributed by atoms with Crippen molar-refractivity contribution in [1.29, 1.82) is 0 Å². The summed E-state index contributed by atoms with van der Waals surface area (Å²) in [6.45, 7) is 6.89. The summed E-state index contributed by atoms with van der Waals surface area (Å²) in [6, 6.07) is 12.5. The summed E-state index contributed by atoms with van der Waals surface area (Å²) in [5.74, 6) is 0.252. The number of thioether (sulfide) groups is 1. The van der Waals surface area contributed by atoms with Crippen molar-refractivity contribution >= 4 is 29.3 Å². The van der Waals surface area contributed by atoms with E-state index in [4.69, 9.17) is 0 Å². The lowest BCUT2D eigenvalue weighted by Gasteiger charge is -2.33. The molecule has 1 spiro atoms. The Morgan fingerprint density at radius 2 is 1.93 bits per heavy atom. The molecule has 0 radical (unpaired) electrons. The Morgan fingerprint density at radius 3 is 2.62 bits per heavy atom. The van der Waals surface area contributed by atoms with Crippen LogP contribution in [0.4, 0.5) is 10.1 Å². The van der Waals surface area contributed by atoms with Crippen molar-refractivity contribution < 1.29 is 14.0 Å². The first-order valence-electron chi connectivity index (χ1n) is 9.95. The fourth-order valence-corrected chi connectivity index (χ4v) is 5.61. The molecule has 0 aromatic heterocycles. The Morgan fingerprint density at radius 1 is 1.21 bits per heavy atom. The SMILES string of the molecule is Cc1ccc(CN2C(=O)[C@]3(SCCN3C(=O)CC(C)C)c3cc(F)ccc32)cc1. The number of hydrogen-bond donors (Lipinski definition) is 0. The smallest absolute Gasteiger partial charge is 0.268 e. The van der Waals surface area contributed by atoms with Gasteiger partial charge in [0.15, 0.2) is 4.87 Å². The highest BCUT2D eigenvalue weighted by Crippen LogP contribution is 2.54. The lowest BCUT2D eigenvalue weighted by molar-refractivity contribution is -0.140. The number of carbonyl (C=O) groups is 2.